The average Bonchev–Trinajstić information content (AvgIpc) is 3.42. The van der Waals surface area contributed by atoms with E-state index in [4.69, 9.17) is 10.8 Å². The number of rotatable bonds is 7. The number of nitrogens with two attached hydrogens (primary N) is 1. The average molecular weight is 510 g/mol. The molecule has 2 bridgehead atoms. The molecule has 0 radical (unpaired) electrons. The molecule has 3 N–H and O–H groups in total. The van der Waals surface area contributed by atoms with Crippen LogP contribution in [0, 0.1) is 5.92 Å². The molecule has 0 spiro atoms. The number of hydrogen-bond acceptors (Lipinski definition) is 5. The first-order valence-corrected chi connectivity index (χ1v) is 13.7. The highest BCUT2D eigenvalue weighted by molar-refractivity contribution is 6.01. The van der Waals surface area contributed by atoms with E-state index in [0.717, 1.165) is 60.0 Å². The van der Waals surface area contributed by atoms with Crippen LogP contribution < -0.4 is 10.6 Å². The monoisotopic (exact) mass is 509 g/mol. The summed E-state index contributed by atoms with van der Waals surface area (Å²) in [6.07, 6.45) is 6.48. The fourth-order valence-corrected chi connectivity index (χ4v) is 6.47. The third kappa shape index (κ3) is 4.45. The molecular weight excluding hydrogens is 474 g/mol. The molecule has 7 heteroatoms. The molecule has 196 valence electrons. The van der Waals surface area contributed by atoms with E-state index in [1.807, 2.05) is 30.5 Å². The molecule has 1 amide bonds. The van der Waals surface area contributed by atoms with E-state index in [0.29, 0.717) is 23.6 Å². The third-order valence-electron chi connectivity index (χ3n) is 8.16. The van der Waals surface area contributed by atoms with Crippen molar-refractivity contribution >= 4 is 22.5 Å². The highest BCUT2D eigenvalue weighted by atomic mass is 16.3. The normalized spacial score (nSPS) is 21.8. The van der Waals surface area contributed by atoms with Gasteiger partial charge in [-0.15, -0.1) is 0 Å². The molecule has 4 heterocycles. The summed E-state index contributed by atoms with van der Waals surface area (Å²) in [5, 5.41) is 16.3. The number of aliphatic hydroxyl groups excluding tert-OH is 1. The molecule has 2 aliphatic heterocycles. The Balaban J connectivity index is 1.44. The molecule has 7 nitrogen and oxygen atoms in total. The maximum atomic E-state index is 12.1. The lowest BCUT2D eigenvalue weighted by Crippen LogP contribution is -2.44. The first-order valence-electron chi connectivity index (χ1n) is 13.7. The number of primary amides is 1. The minimum Gasteiger partial charge on any atom is -0.393 e. The van der Waals surface area contributed by atoms with Gasteiger partial charge in [-0.1, -0.05) is 32.0 Å². The Morgan fingerprint density at radius 1 is 1.05 bits per heavy atom. The van der Waals surface area contributed by atoms with Gasteiger partial charge in [-0.25, -0.2) is 0 Å². The van der Waals surface area contributed by atoms with Crippen LogP contribution in [0.3, 0.4) is 0 Å². The van der Waals surface area contributed by atoms with Crippen LogP contribution in [0.5, 0.6) is 0 Å². The number of benzene rings is 2. The summed E-state index contributed by atoms with van der Waals surface area (Å²) in [4.78, 5) is 19.2. The molecule has 38 heavy (non-hydrogen) atoms. The van der Waals surface area contributed by atoms with Crippen LogP contribution in [-0.2, 0) is 0 Å². The van der Waals surface area contributed by atoms with Gasteiger partial charge in [-0.2, -0.15) is 5.10 Å². The van der Waals surface area contributed by atoms with Crippen LogP contribution in [0.15, 0.2) is 66.9 Å². The predicted octanol–water partition coefficient (Wildman–Crippen LogP) is 5.32. The quantitative estimate of drug-likeness (QED) is 0.351. The maximum Gasteiger partial charge on any atom is 0.248 e. The van der Waals surface area contributed by atoms with Gasteiger partial charge in [-0.05, 0) is 80.5 Å². The SMILES string of the molecule is CC(C)C[C@@H](c1ccccn1)n1nc(-c2ccc(N3C4CCC3CC(O)C4)cc2)c2cc(C(N)=O)ccc21. The molecule has 0 saturated carbocycles. The lowest BCUT2D eigenvalue weighted by atomic mass is 9.98. The molecule has 2 fully saturated rings. The van der Waals surface area contributed by atoms with E-state index >= 15 is 0 Å². The highest BCUT2D eigenvalue weighted by Gasteiger charge is 2.40. The number of fused-ring (bicyclic) bond motifs is 3. The van der Waals surface area contributed by atoms with E-state index in [9.17, 15) is 9.90 Å². The van der Waals surface area contributed by atoms with Crippen LogP contribution >= 0.6 is 0 Å². The Hall–Kier alpha value is -3.71. The topological polar surface area (TPSA) is 97.3 Å². The Morgan fingerprint density at radius 3 is 2.42 bits per heavy atom. The Bertz CT molecular complexity index is 1430. The highest BCUT2D eigenvalue weighted by Crippen LogP contribution is 2.40. The fourth-order valence-electron chi connectivity index (χ4n) is 6.47. The van der Waals surface area contributed by atoms with E-state index in [1.165, 1.54) is 5.69 Å². The Morgan fingerprint density at radius 2 is 1.79 bits per heavy atom. The van der Waals surface area contributed by atoms with Crippen LogP contribution in [0.4, 0.5) is 5.69 Å². The van der Waals surface area contributed by atoms with E-state index < -0.39 is 5.91 Å². The fraction of sp³-hybridized carbons (Fsp3) is 0.387. The van der Waals surface area contributed by atoms with Crippen molar-refractivity contribution in [1.82, 2.24) is 14.8 Å². The summed E-state index contributed by atoms with van der Waals surface area (Å²) < 4.78 is 2.07. The lowest BCUT2D eigenvalue weighted by Gasteiger charge is -2.39. The van der Waals surface area contributed by atoms with Gasteiger partial charge in [0.2, 0.25) is 5.91 Å². The van der Waals surface area contributed by atoms with Crippen molar-refractivity contribution in [2.24, 2.45) is 11.7 Å². The molecule has 2 saturated heterocycles. The number of anilines is 1. The Labute approximate surface area is 223 Å². The van der Waals surface area contributed by atoms with Gasteiger partial charge in [0.05, 0.1) is 23.4 Å². The summed E-state index contributed by atoms with van der Waals surface area (Å²) >= 11 is 0. The predicted molar refractivity (Wildman–Crippen MR) is 150 cm³/mol. The number of carbonyl (C=O) groups is 1. The maximum absolute atomic E-state index is 12.1. The Kier molecular flexibility index (Phi) is 6.40. The number of pyridine rings is 1. The van der Waals surface area contributed by atoms with E-state index in [1.54, 1.807) is 6.07 Å². The minimum atomic E-state index is -0.452. The lowest BCUT2D eigenvalue weighted by molar-refractivity contribution is 0.100. The molecule has 2 aromatic carbocycles. The van der Waals surface area contributed by atoms with Crippen molar-refractivity contribution in [3.63, 3.8) is 0 Å². The summed E-state index contributed by atoms with van der Waals surface area (Å²) in [5.41, 5.74) is 11.1. The molecule has 2 unspecified atom stereocenters. The molecule has 2 aliphatic rings. The smallest absolute Gasteiger partial charge is 0.248 e. The van der Waals surface area contributed by atoms with Crippen molar-refractivity contribution < 1.29 is 9.90 Å². The number of piperidine rings is 1. The number of amides is 1. The first-order chi connectivity index (χ1) is 18.4. The van der Waals surface area contributed by atoms with Gasteiger partial charge < -0.3 is 15.7 Å². The first kappa shape index (κ1) is 24.6. The second kappa shape index (κ2) is 9.87. The number of nitrogens with zero attached hydrogens (tertiary/aromatic N) is 4. The van der Waals surface area contributed by atoms with Crippen LogP contribution in [-0.4, -0.2) is 44.0 Å². The van der Waals surface area contributed by atoms with Gasteiger partial charge in [0, 0.05) is 40.5 Å². The van der Waals surface area contributed by atoms with E-state index in [-0.39, 0.29) is 12.1 Å². The van der Waals surface area contributed by atoms with Crippen molar-refractivity contribution in [3.8, 4) is 11.3 Å². The van der Waals surface area contributed by atoms with Crippen molar-refractivity contribution in [1.29, 1.82) is 0 Å². The summed E-state index contributed by atoms with van der Waals surface area (Å²) in [6, 6.07) is 21.0. The number of aromatic nitrogens is 3. The molecule has 3 atom stereocenters. The summed E-state index contributed by atoms with van der Waals surface area (Å²) in [6.45, 7) is 4.42. The zero-order valence-electron chi connectivity index (χ0n) is 22.0. The van der Waals surface area contributed by atoms with Crippen molar-refractivity contribution in [3.05, 3.63) is 78.1 Å². The van der Waals surface area contributed by atoms with Crippen molar-refractivity contribution in [2.45, 2.75) is 70.2 Å². The van der Waals surface area contributed by atoms with Gasteiger partial charge >= 0.3 is 0 Å². The standard InChI is InChI=1S/C31H35N5O2/c1-19(2)15-29(27-5-3-4-14-33-27)36-28-13-8-21(31(32)38)16-26(28)30(34-36)20-6-9-22(10-7-20)35-23-11-12-24(35)18-25(37)17-23/h3-10,13-14,16,19,23-25,29,37H,11-12,15,17-18H2,1-2H3,(H2,32,38)/t23?,24?,25?,29-/m0/s1. The minimum absolute atomic E-state index is 0.0402. The van der Waals surface area contributed by atoms with Crippen LogP contribution in [0.1, 0.15) is 68.0 Å². The zero-order chi connectivity index (χ0) is 26.4. The van der Waals surface area contributed by atoms with Crippen LogP contribution in [0.25, 0.3) is 22.2 Å². The summed E-state index contributed by atoms with van der Waals surface area (Å²) in [5.74, 6) is -0.0144. The number of hydrogen-bond donors (Lipinski definition) is 2. The van der Waals surface area contributed by atoms with Gasteiger partial charge in [-0.3, -0.25) is 14.5 Å². The van der Waals surface area contributed by atoms with Gasteiger partial charge in [0.1, 0.15) is 5.69 Å². The summed E-state index contributed by atoms with van der Waals surface area (Å²) in [7, 11) is 0. The number of aliphatic hydroxyl groups is 1. The number of carbonyl (C=O) groups excluding carboxylic acids is 1. The molecular formula is C31H35N5O2. The molecule has 2 aromatic heterocycles. The second-order valence-electron chi connectivity index (χ2n) is 11.3. The third-order valence-corrected chi connectivity index (χ3v) is 8.16. The van der Waals surface area contributed by atoms with E-state index in [2.05, 4.69) is 58.7 Å². The zero-order valence-corrected chi connectivity index (χ0v) is 22.0. The second-order valence-corrected chi connectivity index (χ2v) is 11.3. The van der Waals surface area contributed by atoms with Gasteiger partial charge in [0.25, 0.3) is 0 Å². The largest absolute Gasteiger partial charge is 0.393 e. The molecule has 4 aromatic rings. The molecule has 6 rings (SSSR count). The molecule has 0 aliphatic carbocycles. The van der Waals surface area contributed by atoms with Crippen molar-refractivity contribution in [2.75, 3.05) is 4.90 Å². The van der Waals surface area contributed by atoms with Gasteiger partial charge in [0.15, 0.2) is 0 Å². The van der Waals surface area contributed by atoms with Crippen LogP contribution in [0.2, 0.25) is 0 Å².